The molecule has 4 heteroatoms. The van der Waals surface area contributed by atoms with Gasteiger partial charge in [-0.1, -0.05) is 43.2 Å². The molecule has 0 unspecified atom stereocenters. The molecule has 2 aromatic rings. The topological polar surface area (TPSA) is 45.8 Å². The summed E-state index contributed by atoms with van der Waals surface area (Å²) in [7, 11) is 0. The molecule has 1 aromatic heterocycles. The minimum absolute atomic E-state index is 0.0967. The van der Waals surface area contributed by atoms with Crippen molar-refractivity contribution in [2.45, 2.75) is 33.1 Å². The molecule has 0 aliphatic rings. The van der Waals surface area contributed by atoms with Crippen LogP contribution in [-0.4, -0.2) is 9.97 Å². The highest BCUT2D eigenvalue weighted by molar-refractivity contribution is 9.10. The number of nitrogens with one attached hydrogen (secondary N) is 1. The fraction of sp³-hybridized carbons (Fsp3) is 0.333. The van der Waals surface area contributed by atoms with Crippen molar-refractivity contribution in [1.82, 2.24) is 9.97 Å². The molecule has 0 aliphatic heterocycles. The van der Waals surface area contributed by atoms with E-state index in [1.165, 1.54) is 5.56 Å². The van der Waals surface area contributed by atoms with Crippen molar-refractivity contribution in [2.24, 2.45) is 0 Å². The maximum atomic E-state index is 11.8. The number of aromatic amines is 1. The molecule has 0 saturated carbocycles. The van der Waals surface area contributed by atoms with Gasteiger partial charge in [0.1, 0.15) is 10.3 Å². The van der Waals surface area contributed by atoms with Crippen molar-refractivity contribution in [2.75, 3.05) is 0 Å². The van der Waals surface area contributed by atoms with E-state index in [9.17, 15) is 4.79 Å². The Morgan fingerprint density at radius 3 is 2.58 bits per heavy atom. The Kier molecular flexibility index (Phi) is 4.53. The van der Waals surface area contributed by atoms with Gasteiger partial charge in [0, 0.05) is 6.42 Å². The van der Waals surface area contributed by atoms with Crippen LogP contribution < -0.4 is 5.56 Å². The molecule has 0 fully saturated rings. The number of aryl methyl sites for hydroxylation is 2. The minimum Gasteiger partial charge on any atom is -0.309 e. The highest BCUT2D eigenvalue weighted by atomic mass is 79.9. The predicted molar refractivity (Wildman–Crippen MR) is 80.5 cm³/mol. The third-order valence-corrected chi connectivity index (χ3v) is 3.78. The SMILES string of the molecule is CCCc1nc(Cc2ccc(C)cc2)[nH]c(=O)c1Br. The average molecular weight is 321 g/mol. The quantitative estimate of drug-likeness (QED) is 0.938. The highest BCUT2D eigenvalue weighted by Crippen LogP contribution is 2.13. The molecule has 3 nitrogen and oxygen atoms in total. The van der Waals surface area contributed by atoms with Crippen molar-refractivity contribution < 1.29 is 0 Å². The van der Waals surface area contributed by atoms with E-state index in [4.69, 9.17) is 0 Å². The molecule has 0 atom stereocenters. The highest BCUT2D eigenvalue weighted by Gasteiger charge is 2.08. The second-order valence-electron chi connectivity index (χ2n) is 4.69. The molecule has 100 valence electrons. The Morgan fingerprint density at radius 1 is 1.26 bits per heavy atom. The van der Waals surface area contributed by atoms with Gasteiger partial charge in [-0.2, -0.15) is 0 Å². The van der Waals surface area contributed by atoms with Crippen LogP contribution in [0.2, 0.25) is 0 Å². The van der Waals surface area contributed by atoms with Gasteiger partial charge < -0.3 is 4.98 Å². The Labute approximate surface area is 121 Å². The number of halogens is 1. The van der Waals surface area contributed by atoms with Crippen LogP contribution in [-0.2, 0) is 12.8 Å². The summed E-state index contributed by atoms with van der Waals surface area (Å²) in [5.41, 5.74) is 3.13. The van der Waals surface area contributed by atoms with Crippen molar-refractivity contribution in [3.05, 3.63) is 61.7 Å². The summed E-state index contributed by atoms with van der Waals surface area (Å²) >= 11 is 3.30. The molecule has 1 aromatic carbocycles. The van der Waals surface area contributed by atoms with Crippen molar-refractivity contribution >= 4 is 15.9 Å². The summed E-state index contributed by atoms with van der Waals surface area (Å²) in [6.45, 7) is 4.14. The Bertz CT molecular complexity index is 617. The van der Waals surface area contributed by atoms with Gasteiger partial charge in [0.2, 0.25) is 0 Å². The Balaban J connectivity index is 2.30. The summed E-state index contributed by atoms with van der Waals surface area (Å²) in [5, 5.41) is 0. The van der Waals surface area contributed by atoms with Crippen LogP contribution in [0.25, 0.3) is 0 Å². The summed E-state index contributed by atoms with van der Waals surface area (Å²) in [6.07, 6.45) is 2.43. The molecule has 0 aliphatic carbocycles. The van der Waals surface area contributed by atoms with E-state index < -0.39 is 0 Å². The largest absolute Gasteiger partial charge is 0.309 e. The van der Waals surface area contributed by atoms with Crippen LogP contribution in [0.3, 0.4) is 0 Å². The van der Waals surface area contributed by atoms with E-state index in [2.05, 4.69) is 64.0 Å². The second kappa shape index (κ2) is 6.15. The van der Waals surface area contributed by atoms with Gasteiger partial charge in [0.25, 0.3) is 5.56 Å². The van der Waals surface area contributed by atoms with E-state index in [1.807, 2.05) is 0 Å². The molecule has 0 spiro atoms. The summed E-state index contributed by atoms with van der Waals surface area (Å²) in [4.78, 5) is 19.2. The van der Waals surface area contributed by atoms with Crippen LogP contribution in [0.15, 0.2) is 33.5 Å². The number of hydrogen-bond donors (Lipinski definition) is 1. The zero-order valence-corrected chi connectivity index (χ0v) is 12.8. The van der Waals surface area contributed by atoms with Crippen molar-refractivity contribution in [1.29, 1.82) is 0 Å². The first-order valence-electron chi connectivity index (χ1n) is 6.43. The number of hydrogen-bond acceptors (Lipinski definition) is 2. The maximum absolute atomic E-state index is 11.8. The maximum Gasteiger partial charge on any atom is 0.265 e. The number of aromatic nitrogens is 2. The third kappa shape index (κ3) is 3.53. The number of benzene rings is 1. The zero-order valence-electron chi connectivity index (χ0n) is 11.2. The minimum atomic E-state index is -0.0967. The van der Waals surface area contributed by atoms with Gasteiger partial charge in [0.15, 0.2) is 0 Å². The lowest BCUT2D eigenvalue weighted by Crippen LogP contribution is -2.16. The van der Waals surface area contributed by atoms with E-state index >= 15 is 0 Å². The van der Waals surface area contributed by atoms with E-state index in [0.29, 0.717) is 10.9 Å². The fourth-order valence-electron chi connectivity index (χ4n) is 1.94. The van der Waals surface area contributed by atoms with Crippen LogP contribution >= 0.6 is 15.9 Å². The normalized spacial score (nSPS) is 10.7. The number of nitrogens with zero attached hydrogens (tertiary/aromatic N) is 1. The standard InChI is InChI=1S/C15H17BrN2O/c1-3-4-12-14(16)15(19)18-13(17-12)9-11-7-5-10(2)6-8-11/h5-8H,3-4,9H2,1-2H3,(H,17,18,19). The van der Waals surface area contributed by atoms with Gasteiger partial charge in [-0.3, -0.25) is 4.79 Å². The second-order valence-corrected chi connectivity index (χ2v) is 5.48. The molecular formula is C15H17BrN2O. The molecule has 0 bridgehead atoms. The summed E-state index contributed by atoms with van der Waals surface area (Å²) in [6, 6.07) is 8.27. The molecular weight excluding hydrogens is 304 g/mol. The summed E-state index contributed by atoms with van der Waals surface area (Å²) < 4.78 is 0.557. The average Bonchev–Trinajstić information content (AvgIpc) is 2.38. The van der Waals surface area contributed by atoms with Gasteiger partial charge >= 0.3 is 0 Å². The lowest BCUT2D eigenvalue weighted by molar-refractivity contribution is 0.823. The van der Waals surface area contributed by atoms with Gasteiger partial charge in [-0.05, 0) is 34.8 Å². The summed E-state index contributed by atoms with van der Waals surface area (Å²) in [5.74, 6) is 0.723. The smallest absolute Gasteiger partial charge is 0.265 e. The van der Waals surface area contributed by atoms with Gasteiger partial charge in [-0.25, -0.2) is 4.98 Å². The van der Waals surface area contributed by atoms with Crippen LogP contribution in [0, 0.1) is 6.92 Å². The first-order valence-corrected chi connectivity index (χ1v) is 7.22. The monoisotopic (exact) mass is 320 g/mol. The molecule has 1 heterocycles. The van der Waals surface area contributed by atoms with Gasteiger partial charge in [-0.15, -0.1) is 0 Å². The molecule has 0 saturated heterocycles. The van der Waals surface area contributed by atoms with E-state index in [-0.39, 0.29) is 5.56 Å². The Hall–Kier alpha value is -1.42. The molecule has 19 heavy (non-hydrogen) atoms. The third-order valence-electron chi connectivity index (χ3n) is 2.96. The zero-order chi connectivity index (χ0) is 13.8. The first-order chi connectivity index (χ1) is 9.10. The first kappa shape index (κ1) is 14.0. The van der Waals surface area contributed by atoms with Crippen molar-refractivity contribution in [3.63, 3.8) is 0 Å². The van der Waals surface area contributed by atoms with Crippen LogP contribution in [0.4, 0.5) is 0 Å². The fourth-order valence-corrected chi connectivity index (χ4v) is 2.33. The van der Waals surface area contributed by atoms with E-state index in [1.54, 1.807) is 0 Å². The molecule has 1 N–H and O–H groups in total. The number of rotatable bonds is 4. The van der Waals surface area contributed by atoms with Crippen molar-refractivity contribution in [3.8, 4) is 0 Å². The van der Waals surface area contributed by atoms with E-state index in [0.717, 1.165) is 29.9 Å². The molecule has 2 rings (SSSR count). The Morgan fingerprint density at radius 2 is 1.95 bits per heavy atom. The lowest BCUT2D eigenvalue weighted by Gasteiger charge is -2.06. The molecule has 0 amide bonds. The van der Waals surface area contributed by atoms with Crippen LogP contribution in [0.1, 0.15) is 36.0 Å². The predicted octanol–water partition coefficient (Wildman–Crippen LogP) is 3.38. The lowest BCUT2D eigenvalue weighted by atomic mass is 10.1. The van der Waals surface area contributed by atoms with Gasteiger partial charge in [0.05, 0.1) is 5.69 Å². The van der Waals surface area contributed by atoms with Crippen LogP contribution in [0.5, 0.6) is 0 Å². The number of H-pyrrole nitrogens is 1. The molecule has 0 radical (unpaired) electrons.